The fraction of sp³-hybridized carbons (Fsp3) is 0.154. The summed E-state index contributed by atoms with van der Waals surface area (Å²) in [7, 11) is 0. The predicted molar refractivity (Wildman–Crippen MR) is 128 cm³/mol. The first kappa shape index (κ1) is 24.2. The molecule has 0 aromatic heterocycles. The summed E-state index contributed by atoms with van der Waals surface area (Å²) in [5.74, 6) is -0.223. The Morgan fingerprint density at radius 2 is 1.47 bits per heavy atom. The summed E-state index contributed by atoms with van der Waals surface area (Å²) in [4.78, 5) is 36.2. The van der Waals surface area contributed by atoms with E-state index in [4.69, 9.17) is 9.47 Å². The van der Waals surface area contributed by atoms with Crippen LogP contribution in [0.1, 0.15) is 38.8 Å². The van der Waals surface area contributed by atoms with Crippen LogP contribution in [0, 0.1) is 6.92 Å². The van der Waals surface area contributed by atoms with Crippen molar-refractivity contribution in [3.8, 4) is 11.5 Å². The minimum Gasteiger partial charge on any atom is -0.494 e. The van der Waals surface area contributed by atoms with Gasteiger partial charge in [0.25, 0.3) is 11.8 Å². The molecule has 0 aliphatic heterocycles. The van der Waals surface area contributed by atoms with Crippen molar-refractivity contribution in [2.75, 3.05) is 13.2 Å². The summed E-state index contributed by atoms with van der Waals surface area (Å²) in [5.41, 5.74) is 4.96. The van der Waals surface area contributed by atoms with E-state index in [0.29, 0.717) is 34.8 Å². The summed E-state index contributed by atoms with van der Waals surface area (Å²) in [6.07, 6.45) is 1.44. The molecule has 0 unspecified atom stereocenters. The van der Waals surface area contributed by atoms with E-state index in [1.807, 2.05) is 26.0 Å². The number of carbonyl (C=O) groups excluding carboxylic acids is 3. The number of esters is 1. The van der Waals surface area contributed by atoms with Crippen LogP contribution in [0.4, 0.5) is 0 Å². The fourth-order valence-corrected chi connectivity index (χ4v) is 2.83. The molecule has 8 heteroatoms. The number of hydrogen-bond acceptors (Lipinski definition) is 6. The van der Waals surface area contributed by atoms with Crippen LogP contribution >= 0.6 is 0 Å². The first-order chi connectivity index (χ1) is 16.4. The molecule has 0 bridgehead atoms. The van der Waals surface area contributed by atoms with E-state index in [0.717, 1.165) is 5.56 Å². The molecule has 34 heavy (non-hydrogen) atoms. The molecular formula is C26H25N3O5. The second-order valence-corrected chi connectivity index (χ2v) is 7.26. The number of hydrazone groups is 1. The lowest BCUT2D eigenvalue weighted by Crippen LogP contribution is -2.34. The van der Waals surface area contributed by atoms with Crippen LogP contribution in [0.15, 0.2) is 77.9 Å². The van der Waals surface area contributed by atoms with Crippen LogP contribution in [0.2, 0.25) is 0 Å². The van der Waals surface area contributed by atoms with Gasteiger partial charge in [-0.25, -0.2) is 10.2 Å². The quantitative estimate of drug-likeness (QED) is 0.221. The highest BCUT2D eigenvalue weighted by Gasteiger charge is 2.09. The van der Waals surface area contributed by atoms with Gasteiger partial charge in [0.05, 0.1) is 24.9 Å². The maximum atomic E-state index is 12.3. The lowest BCUT2D eigenvalue weighted by atomic mass is 10.1. The van der Waals surface area contributed by atoms with E-state index in [1.165, 1.54) is 6.21 Å². The monoisotopic (exact) mass is 459 g/mol. The average molecular weight is 460 g/mol. The normalized spacial score (nSPS) is 10.5. The van der Waals surface area contributed by atoms with Crippen molar-refractivity contribution >= 4 is 24.0 Å². The second kappa shape index (κ2) is 12.0. The van der Waals surface area contributed by atoms with Crippen LogP contribution in [0.5, 0.6) is 11.5 Å². The fourth-order valence-electron chi connectivity index (χ4n) is 2.83. The van der Waals surface area contributed by atoms with Crippen molar-refractivity contribution in [3.05, 3.63) is 95.1 Å². The summed E-state index contributed by atoms with van der Waals surface area (Å²) >= 11 is 0. The van der Waals surface area contributed by atoms with Crippen molar-refractivity contribution < 1.29 is 23.9 Å². The molecule has 2 N–H and O–H groups in total. The molecule has 3 aromatic rings. The summed E-state index contributed by atoms with van der Waals surface area (Å²) in [5, 5.41) is 6.40. The van der Waals surface area contributed by atoms with Crippen LogP contribution in [0.25, 0.3) is 0 Å². The van der Waals surface area contributed by atoms with Gasteiger partial charge in [0, 0.05) is 5.56 Å². The van der Waals surface area contributed by atoms with Crippen molar-refractivity contribution in [2.45, 2.75) is 13.8 Å². The van der Waals surface area contributed by atoms with Crippen LogP contribution in [0.3, 0.4) is 0 Å². The molecule has 3 rings (SSSR count). The maximum Gasteiger partial charge on any atom is 0.343 e. The number of aryl methyl sites for hydroxylation is 1. The van der Waals surface area contributed by atoms with Gasteiger partial charge in [-0.05, 0) is 80.1 Å². The SMILES string of the molecule is CCOc1ccc(C(=O)Oc2ccc(C=NNC(=O)CNC(=O)c3ccc(C)cc3)cc2)cc1. The molecule has 0 saturated carbocycles. The number of amides is 2. The summed E-state index contributed by atoms with van der Waals surface area (Å²) in [6, 6.07) is 20.4. The van der Waals surface area contributed by atoms with Crippen LogP contribution in [-0.4, -0.2) is 37.1 Å². The van der Waals surface area contributed by atoms with E-state index in [9.17, 15) is 14.4 Å². The Morgan fingerprint density at radius 1 is 0.853 bits per heavy atom. The van der Waals surface area contributed by atoms with Gasteiger partial charge >= 0.3 is 5.97 Å². The van der Waals surface area contributed by atoms with Crippen LogP contribution in [-0.2, 0) is 4.79 Å². The Labute approximate surface area is 197 Å². The third-order valence-electron chi connectivity index (χ3n) is 4.62. The van der Waals surface area contributed by atoms with Gasteiger partial charge in [0.1, 0.15) is 11.5 Å². The number of carbonyl (C=O) groups is 3. The molecule has 0 fully saturated rings. The van der Waals surface area contributed by atoms with Gasteiger partial charge in [-0.3, -0.25) is 9.59 Å². The number of rotatable bonds is 9. The Kier molecular flexibility index (Phi) is 8.51. The number of ether oxygens (including phenoxy) is 2. The van der Waals surface area contributed by atoms with Gasteiger partial charge in [-0.2, -0.15) is 5.10 Å². The van der Waals surface area contributed by atoms with Crippen molar-refractivity contribution in [1.29, 1.82) is 0 Å². The number of benzene rings is 3. The molecule has 8 nitrogen and oxygen atoms in total. The minimum absolute atomic E-state index is 0.204. The highest BCUT2D eigenvalue weighted by molar-refractivity contribution is 5.96. The molecule has 174 valence electrons. The molecule has 0 radical (unpaired) electrons. The lowest BCUT2D eigenvalue weighted by Gasteiger charge is -2.06. The van der Waals surface area contributed by atoms with E-state index in [2.05, 4.69) is 15.8 Å². The van der Waals surface area contributed by atoms with Crippen molar-refractivity contribution in [1.82, 2.24) is 10.7 Å². The maximum absolute atomic E-state index is 12.3. The largest absolute Gasteiger partial charge is 0.494 e. The molecule has 0 atom stereocenters. The van der Waals surface area contributed by atoms with E-state index in [-0.39, 0.29) is 12.5 Å². The molecule has 0 aliphatic rings. The number of nitrogens with one attached hydrogen (secondary N) is 2. The predicted octanol–water partition coefficient (Wildman–Crippen LogP) is 3.49. The van der Waals surface area contributed by atoms with Crippen molar-refractivity contribution in [3.63, 3.8) is 0 Å². The number of nitrogens with zero attached hydrogens (tertiary/aromatic N) is 1. The van der Waals surface area contributed by atoms with Crippen LogP contribution < -0.4 is 20.2 Å². The summed E-state index contributed by atoms with van der Waals surface area (Å²) < 4.78 is 10.7. The smallest absolute Gasteiger partial charge is 0.343 e. The Bertz CT molecular complexity index is 1150. The third-order valence-corrected chi connectivity index (χ3v) is 4.62. The molecule has 0 aliphatic carbocycles. The highest BCUT2D eigenvalue weighted by Crippen LogP contribution is 2.16. The minimum atomic E-state index is -0.482. The standard InChI is InChI=1S/C26H25N3O5/c1-3-33-22-14-10-21(11-15-22)26(32)34-23-12-6-19(7-13-23)16-28-29-24(30)17-27-25(31)20-8-4-18(2)5-9-20/h4-16H,3,17H2,1-2H3,(H,27,31)(H,29,30). The highest BCUT2D eigenvalue weighted by atomic mass is 16.5. The number of hydrogen-bond donors (Lipinski definition) is 2. The molecular weight excluding hydrogens is 434 g/mol. The molecule has 3 aromatic carbocycles. The zero-order valence-electron chi connectivity index (χ0n) is 18.9. The zero-order chi connectivity index (χ0) is 24.3. The molecule has 0 heterocycles. The topological polar surface area (TPSA) is 106 Å². The third kappa shape index (κ3) is 7.30. The lowest BCUT2D eigenvalue weighted by molar-refractivity contribution is -0.120. The first-order valence-corrected chi connectivity index (χ1v) is 10.7. The first-order valence-electron chi connectivity index (χ1n) is 10.7. The van der Waals surface area contributed by atoms with E-state index in [1.54, 1.807) is 60.7 Å². The van der Waals surface area contributed by atoms with E-state index < -0.39 is 11.9 Å². The van der Waals surface area contributed by atoms with Crippen molar-refractivity contribution in [2.24, 2.45) is 5.10 Å². The van der Waals surface area contributed by atoms with E-state index >= 15 is 0 Å². The molecule has 0 saturated heterocycles. The van der Waals surface area contributed by atoms with Gasteiger partial charge in [0.2, 0.25) is 0 Å². The average Bonchev–Trinajstić information content (AvgIpc) is 2.84. The Morgan fingerprint density at radius 3 is 2.12 bits per heavy atom. The second-order valence-electron chi connectivity index (χ2n) is 7.26. The van der Waals surface area contributed by atoms with Gasteiger partial charge in [-0.1, -0.05) is 17.7 Å². The van der Waals surface area contributed by atoms with Gasteiger partial charge in [-0.15, -0.1) is 0 Å². The Balaban J connectivity index is 1.44. The molecule has 0 spiro atoms. The summed E-state index contributed by atoms with van der Waals surface area (Å²) in [6.45, 7) is 4.16. The Hall–Kier alpha value is -4.46. The zero-order valence-corrected chi connectivity index (χ0v) is 18.9. The van der Waals surface area contributed by atoms with Gasteiger partial charge in [0.15, 0.2) is 0 Å². The van der Waals surface area contributed by atoms with Gasteiger partial charge < -0.3 is 14.8 Å². The molecule has 2 amide bonds.